The molecule has 1 saturated carbocycles. The van der Waals surface area contributed by atoms with Crippen molar-refractivity contribution in [3.8, 4) is 0 Å². The van der Waals surface area contributed by atoms with Crippen molar-refractivity contribution in [3.63, 3.8) is 0 Å². The van der Waals surface area contributed by atoms with Crippen LogP contribution in [0.1, 0.15) is 77.8 Å². The van der Waals surface area contributed by atoms with Gasteiger partial charge in [-0.25, -0.2) is 14.4 Å². The lowest BCUT2D eigenvalue weighted by atomic mass is 9.93. The molecule has 6 rings (SSSR count). The summed E-state index contributed by atoms with van der Waals surface area (Å²) in [6.45, 7) is 3.19. The zero-order valence-corrected chi connectivity index (χ0v) is 24.0. The van der Waals surface area contributed by atoms with Crippen LogP contribution in [0.4, 0.5) is 16.0 Å². The highest BCUT2D eigenvalue weighted by Crippen LogP contribution is 2.42. The van der Waals surface area contributed by atoms with Crippen molar-refractivity contribution < 1.29 is 9.18 Å². The van der Waals surface area contributed by atoms with Gasteiger partial charge in [-0.1, -0.05) is 17.7 Å². The Labute approximate surface area is 241 Å². The largest absolute Gasteiger partial charge is 0.377 e. The number of anilines is 2. The van der Waals surface area contributed by atoms with E-state index in [0.29, 0.717) is 60.1 Å². The number of rotatable bonds is 7. The van der Waals surface area contributed by atoms with E-state index < -0.39 is 5.91 Å². The maximum Gasteiger partial charge on any atom is 0.269 e. The molecule has 4 aromatic rings. The minimum Gasteiger partial charge on any atom is -0.377 e. The third-order valence-electron chi connectivity index (χ3n) is 8.17. The Morgan fingerprint density at radius 3 is 2.49 bits per heavy atom. The van der Waals surface area contributed by atoms with Crippen molar-refractivity contribution in [2.24, 2.45) is 19.8 Å². The molecular formula is C29H32ClFN8O2. The van der Waals surface area contributed by atoms with Crippen LogP contribution in [-0.2, 0) is 14.1 Å². The van der Waals surface area contributed by atoms with Gasteiger partial charge in [0.25, 0.3) is 11.5 Å². The summed E-state index contributed by atoms with van der Waals surface area (Å²) >= 11 is 6.01. The molecule has 0 bridgehead atoms. The van der Waals surface area contributed by atoms with Crippen LogP contribution in [0, 0.1) is 5.82 Å². The molecule has 10 nitrogen and oxygen atoms in total. The van der Waals surface area contributed by atoms with Gasteiger partial charge in [-0.15, -0.1) is 0 Å². The Balaban J connectivity index is 1.37. The molecule has 41 heavy (non-hydrogen) atoms. The number of piperidine rings is 1. The van der Waals surface area contributed by atoms with Gasteiger partial charge in [0.05, 0.1) is 28.8 Å². The first-order chi connectivity index (χ1) is 19.6. The Bertz CT molecular complexity index is 1720. The van der Waals surface area contributed by atoms with Gasteiger partial charge in [0, 0.05) is 38.7 Å². The molecule has 12 heteroatoms. The Morgan fingerprint density at radius 2 is 1.85 bits per heavy atom. The summed E-state index contributed by atoms with van der Waals surface area (Å²) < 4.78 is 17.5. The number of primary amides is 1. The fraction of sp³-hybridized carbons (Fsp3) is 0.414. The molecule has 2 aliphatic rings. The van der Waals surface area contributed by atoms with Gasteiger partial charge < -0.3 is 16.0 Å². The van der Waals surface area contributed by atoms with Crippen LogP contribution in [0.2, 0.25) is 5.15 Å². The summed E-state index contributed by atoms with van der Waals surface area (Å²) in [4.78, 5) is 37.1. The maximum absolute atomic E-state index is 14.4. The van der Waals surface area contributed by atoms with Gasteiger partial charge in [0.2, 0.25) is 5.95 Å². The SMILES string of the molecule is CC(Nc1ccc(Cl)nc1C(N)=O)c1cc(C2CC2)cc2c(=O)n(C)c(N3CCC(c4nn(C)cc4F)CC3)nc12. The molecule has 1 aliphatic carbocycles. The quantitative estimate of drug-likeness (QED) is 0.312. The van der Waals surface area contributed by atoms with Crippen LogP contribution in [-0.4, -0.2) is 43.3 Å². The second-order valence-electron chi connectivity index (χ2n) is 11.1. The number of halogens is 2. The van der Waals surface area contributed by atoms with Crippen molar-refractivity contribution >= 4 is 40.0 Å². The third kappa shape index (κ3) is 5.14. The van der Waals surface area contributed by atoms with Gasteiger partial charge in [-0.2, -0.15) is 5.10 Å². The number of nitrogens with one attached hydrogen (secondary N) is 1. The number of nitrogens with zero attached hydrogens (tertiary/aromatic N) is 6. The number of hydrogen-bond acceptors (Lipinski definition) is 7. The lowest BCUT2D eigenvalue weighted by Crippen LogP contribution is -2.38. The first-order valence-corrected chi connectivity index (χ1v) is 14.2. The minimum absolute atomic E-state index is 0.0123. The van der Waals surface area contributed by atoms with E-state index in [-0.39, 0.29) is 34.2 Å². The highest BCUT2D eigenvalue weighted by molar-refractivity contribution is 6.29. The lowest BCUT2D eigenvalue weighted by molar-refractivity contribution is 0.0996. The summed E-state index contributed by atoms with van der Waals surface area (Å²) in [6.07, 6.45) is 4.96. The van der Waals surface area contributed by atoms with E-state index in [2.05, 4.69) is 26.4 Å². The Kier molecular flexibility index (Phi) is 6.93. The van der Waals surface area contributed by atoms with E-state index in [9.17, 15) is 14.0 Å². The molecule has 3 N–H and O–H groups in total. The van der Waals surface area contributed by atoms with Crippen molar-refractivity contribution in [3.05, 3.63) is 74.3 Å². The van der Waals surface area contributed by atoms with E-state index in [1.54, 1.807) is 30.8 Å². The molecular weight excluding hydrogens is 547 g/mol. The Morgan fingerprint density at radius 1 is 1.12 bits per heavy atom. The lowest BCUT2D eigenvalue weighted by Gasteiger charge is -2.33. The smallest absolute Gasteiger partial charge is 0.269 e. The second kappa shape index (κ2) is 10.4. The molecule has 1 aliphatic heterocycles. The molecule has 1 unspecified atom stereocenters. The summed E-state index contributed by atoms with van der Waals surface area (Å²) in [7, 11) is 3.47. The molecule has 1 amide bonds. The number of fused-ring (bicyclic) bond motifs is 1. The zero-order valence-electron chi connectivity index (χ0n) is 23.2. The van der Waals surface area contributed by atoms with Crippen LogP contribution in [0.3, 0.4) is 0 Å². The predicted octanol–water partition coefficient (Wildman–Crippen LogP) is 4.39. The van der Waals surface area contributed by atoms with E-state index in [0.717, 1.165) is 24.0 Å². The van der Waals surface area contributed by atoms with Crippen molar-refractivity contribution in [2.45, 2.75) is 50.5 Å². The molecule has 1 saturated heterocycles. The molecule has 214 valence electrons. The highest BCUT2D eigenvalue weighted by atomic mass is 35.5. The van der Waals surface area contributed by atoms with Crippen LogP contribution >= 0.6 is 11.6 Å². The number of aryl methyl sites for hydroxylation is 1. The normalized spacial score (nSPS) is 16.8. The number of carbonyl (C=O) groups is 1. The summed E-state index contributed by atoms with van der Waals surface area (Å²) in [5.74, 6) is 0.0237. The third-order valence-corrected chi connectivity index (χ3v) is 8.38. The van der Waals surface area contributed by atoms with E-state index >= 15 is 0 Å². The predicted molar refractivity (Wildman–Crippen MR) is 156 cm³/mol. The molecule has 1 atom stereocenters. The van der Waals surface area contributed by atoms with E-state index in [1.807, 2.05) is 13.0 Å². The summed E-state index contributed by atoms with van der Waals surface area (Å²) in [5, 5.41) is 8.40. The number of amides is 1. The van der Waals surface area contributed by atoms with Gasteiger partial charge in [0.15, 0.2) is 11.5 Å². The monoisotopic (exact) mass is 578 g/mol. The Hall–Kier alpha value is -3.99. The fourth-order valence-electron chi connectivity index (χ4n) is 5.84. The first-order valence-electron chi connectivity index (χ1n) is 13.8. The van der Waals surface area contributed by atoms with Crippen LogP contribution in [0.25, 0.3) is 10.9 Å². The van der Waals surface area contributed by atoms with Gasteiger partial charge in [0.1, 0.15) is 10.8 Å². The number of aromatic nitrogens is 5. The van der Waals surface area contributed by atoms with E-state index in [1.165, 1.54) is 10.9 Å². The standard InChI is InChI=1S/C29H32ClFN8O2/c1-15(33-22-6-7-23(30)34-26(22)27(32)40)19-12-18(16-4-5-16)13-20-25(19)35-29(38(3)28(20)41)39-10-8-17(9-11-39)24-21(31)14-37(2)36-24/h6-7,12-17,33H,4-5,8-11H2,1-3H3,(H2,32,40). The molecule has 3 aromatic heterocycles. The maximum atomic E-state index is 14.4. The van der Waals surface area contributed by atoms with Gasteiger partial charge >= 0.3 is 0 Å². The highest BCUT2D eigenvalue weighted by Gasteiger charge is 2.30. The number of pyridine rings is 1. The molecule has 2 fully saturated rings. The minimum atomic E-state index is -0.693. The van der Waals surface area contributed by atoms with Crippen LogP contribution in [0.5, 0.6) is 0 Å². The molecule has 0 radical (unpaired) electrons. The number of hydrogen-bond donors (Lipinski definition) is 2. The van der Waals surface area contributed by atoms with Gasteiger partial charge in [-0.3, -0.25) is 18.8 Å². The summed E-state index contributed by atoms with van der Waals surface area (Å²) in [6, 6.07) is 7.01. The molecule has 0 spiro atoms. The van der Waals surface area contributed by atoms with Crippen LogP contribution < -0.4 is 21.5 Å². The topological polar surface area (TPSA) is 124 Å². The fourth-order valence-corrected chi connectivity index (χ4v) is 5.98. The zero-order chi connectivity index (χ0) is 29.0. The number of nitrogens with two attached hydrogens (primary N) is 1. The average molecular weight is 579 g/mol. The molecule has 1 aromatic carbocycles. The number of benzene rings is 1. The first kappa shape index (κ1) is 27.2. The van der Waals surface area contributed by atoms with Crippen molar-refractivity contribution in [1.29, 1.82) is 0 Å². The van der Waals surface area contributed by atoms with Crippen molar-refractivity contribution in [2.75, 3.05) is 23.3 Å². The summed E-state index contributed by atoms with van der Waals surface area (Å²) in [5.41, 5.74) is 9.00. The average Bonchev–Trinajstić information content (AvgIpc) is 3.74. The molecule has 4 heterocycles. The number of carbonyl (C=O) groups excluding carboxylic acids is 1. The van der Waals surface area contributed by atoms with Crippen LogP contribution in [0.15, 0.2) is 35.3 Å². The van der Waals surface area contributed by atoms with Crippen molar-refractivity contribution in [1.82, 2.24) is 24.3 Å². The van der Waals surface area contributed by atoms with E-state index in [4.69, 9.17) is 22.3 Å². The van der Waals surface area contributed by atoms with Gasteiger partial charge in [-0.05, 0) is 62.3 Å². The second-order valence-corrected chi connectivity index (χ2v) is 11.5.